The number of hydrogen-bond acceptors (Lipinski definition) is 1. The van der Waals surface area contributed by atoms with E-state index < -0.39 is 0 Å². The molecule has 0 aromatic rings. The molecule has 0 spiro atoms. The second kappa shape index (κ2) is 14.0. The van der Waals surface area contributed by atoms with E-state index >= 15 is 0 Å². The third kappa shape index (κ3) is 11.9. The lowest BCUT2D eigenvalue weighted by Gasteiger charge is -2.20. The number of rotatable bonds is 9. The molecule has 0 radical (unpaired) electrons. The molecule has 0 atom stereocenters. The number of allylic oxidation sites excluding steroid dienone is 1. The van der Waals surface area contributed by atoms with Crippen LogP contribution < -0.4 is 0 Å². The highest BCUT2D eigenvalue weighted by Gasteiger charge is 2.01. The molecule has 0 aromatic heterocycles. The van der Waals surface area contributed by atoms with Gasteiger partial charge in [-0.1, -0.05) is 38.8 Å². The molecule has 0 aliphatic rings. The topological polar surface area (TPSA) is 3.24 Å². The predicted octanol–water partition coefficient (Wildman–Crippen LogP) is 4.28. The van der Waals surface area contributed by atoms with Crippen molar-refractivity contribution in [2.24, 2.45) is 0 Å². The van der Waals surface area contributed by atoms with Crippen molar-refractivity contribution in [1.29, 1.82) is 0 Å². The van der Waals surface area contributed by atoms with Gasteiger partial charge in [-0.2, -0.15) is 0 Å². The van der Waals surface area contributed by atoms with Crippen molar-refractivity contribution in [2.45, 2.75) is 52.9 Å². The third-order valence-electron chi connectivity index (χ3n) is 2.50. The van der Waals surface area contributed by atoms with Crippen LogP contribution in [-0.4, -0.2) is 24.5 Å². The van der Waals surface area contributed by atoms with E-state index in [1.807, 2.05) is 0 Å². The van der Waals surface area contributed by atoms with Crippen LogP contribution in [0.3, 0.4) is 0 Å². The summed E-state index contributed by atoms with van der Waals surface area (Å²) >= 11 is 0. The first-order valence-corrected chi connectivity index (χ1v) is 6.18. The number of unbranched alkanes of at least 4 members (excludes halogenated alkanes) is 2. The third-order valence-corrected chi connectivity index (χ3v) is 2.50. The van der Waals surface area contributed by atoms with Crippen LogP contribution in [0.4, 0.5) is 0 Å². The highest BCUT2D eigenvalue weighted by Crippen LogP contribution is 2.00. The molecule has 1 nitrogen and oxygen atoms in total. The Hall–Kier alpha value is -0.0100. The van der Waals surface area contributed by atoms with Gasteiger partial charge in [-0.25, -0.2) is 0 Å². The smallest absolute Gasteiger partial charge is 0.00159 e. The summed E-state index contributed by atoms with van der Waals surface area (Å²) in [7, 11) is 0. The molecule has 0 saturated carbocycles. The maximum absolute atomic E-state index is 2.60. The molecule has 0 unspecified atom stereocenters. The molecule has 0 rings (SSSR count). The summed E-state index contributed by atoms with van der Waals surface area (Å²) in [5.74, 6) is 0. The lowest BCUT2D eigenvalue weighted by molar-refractivity contribution is 0.270. The van der Waals surface area contributed by atoms with Crippen LogP contribution >= 0.6 is 12.4 Å². The maximum atomic E-state index is 2.60. The number of hydrogen-bond donors (Lipinski definition) is 0. The van der Waals surface area contributed by atoms with Gasteiger partial charge in [0.1, 0.15) is 0 Å². The zero-order chi connectivity index (χ0) is 10.6. The van der Waals surface area contributed by atoms with Gasteiger partial charge in [-0.05, 0) is 39.3 Å². The zero-order valence-electron chi connectivity index (χ0n) is 10.7. The standard InChI is InChI=1S/C13H27N.ClH/c1-4-7-10-13-14(11-8-5-2)12-9-6-3;/h4,7H,5-6,8-13H2,1-3H3;1H. The van der Waals surface area contributed by atoms with Gasteiger partial charge < -0.3 is 4.90 Å². The van der Waals surface area contributed by atoms with Gasteiger partial charge in [0, 0.05) is 6.54 Å². The van der Waals surface area contributed by atoms with Crippen molar-refractivity contribution in [2.75, 3.05) is 19.6 Å². The second-order valence-corrected chi connectivity index (χ2v) is 3.91. The van der Waals surface area contributed by atoms with E-state index in [0.717, 1.165) is 0 Å². The van der Waals surface area contributed by atoms with E-state index in [1.165, 1.54) is 51.7 Å². The molecular weight excluding hydrogens is 206 g/mol. The largest absolute Gasteiger partial charge is 0.303 e. The van der Waals surface area contributed by atoms with E-state index in [0.29, 0.717) is 0 Å². The van der Waals surface area contributed by atoms with E-state index in [4.69, 9.17) is 0 Å². The van der Waals surface area contributed by atoms with Gasteiger partial charge in [0.25, 0.3) is 0 Å². The lowest BCUT2D eigenvalue weighted by Crippen LogP contribution is -2.26. The molecule has 0 N–H and O–H groups in total. The Kier molecular flexibility index (Phi) is 16.2. The van der Waals surface area contributed by atoms with Crippen LogP contribution in [0.2, 0.25) is 0 Å². The van der Waals surface area contributed by atoms with Crippen molar-refractivity contribution in [1.82, 2.24) is 4.90 Å². The monoisotopic (exact) mass is 233 g/mol. The Morgan fingerprint density at radius 2 is 1.47 bits per heavy atom. The molecule has 2 heteroatoms. The number of nitrogens with zero attached hydrogens (tertiary/aromatic N) is 1. The quantitative estimate of drug-likeness (QED) is 0.538. The van der Waals surface area contributed by atoms with E-state index in [1.54, 1.807) is 0 Å². The molecule has 15 heavy (non-hydrogen) atoms. The normalized spacial score (nSPS) is 10.9. The van der Waals surface area contributed by atoms with E-state index in [-0.39, 0.29) is 12.4 Å². The van der Waals surface area contributed by atoms with Crippen molar-refractivity contribution in [3.05, 3.63) is 12.2 Å². The van der Waals surface area contributed by atoms with Crippen LogP contribution in [0.15, 0.2) is 12.2 Å². The van der Waals surface area contributed by atoms with Crippen LogP contribution in [0, 0.1) is 0 Å². The molecule has 0 aromatic carbocycles. The molecule has 92 valence electrons. The Balaban J connectivity index is 0. The molecule has 0 fully saturated rings. The van der Waals surface area contributed by atoms with Crippen molar-refractivity contribution >= 4 is 12.4 Å². The summed E-state index contributed by atoms with van der Waals surface area (Å²) in [4.78, 5) is 2.60. The fourth-order valence-electron chi connectivity index (χ4n) is 1.52. The SMILES string of the molecule is CC=CCCN(CCCC)CCCC.Cl. The minimum atomic E-state index is 0. The molecule has 0 saturated heterocycles. The van der Waals surface area contributed by atoms with E-state index in [9.17, 15) is 0 Å². The van der Waals surface area contributed by atoms with Crippen LogP contribution in [-0.2, 0) is 0 Å². The van der Waals surface area contributed by atoms with Crippen LogP contribution in [0.25, 0.3) is 0 Å². The lowest BCUT2D eigenvalue weighted by atomic mass is 10.2. The predicted molar refractivity (Wildman–Crippen MR) is 72.9 cm³/mol. The minimum Gasteiger partial charge on any atom is -0.303 e. The number of halogens is 1. The highest BCUT2D eigenvalue weighted by atomic mass is 35.5. The summed E-state index contributed by atoms with van der Waals surface area (Å²) < 4.78 is 0. The van der Waals surface area contributed by atoms with Gasteiger partial charge in [0.15, 0.2) is 0 Å². The summed E-state index contributed by atoms with van der Waals surface area (Å²) in [5.41, 5.74) is 0. The summed E-state index contributed by atoms with van der Waals surface area (Å²) in [6, 6.07) is 0. The Bertz CT molecular complexity index is 126. The Labute approximate surface area is 102 Å². The molecule has 0 aliphatic heterocycles. The molecular formula is C13H28ClN. The van der Waals surface area contributed by atoms with Crippen LogP contribution in [0.5, 0.6) is 0 Å². The zero-order valence-corrected chi connectivity index (χ0v) is 11.5. The highest BCUT2D eigenvalue weighted by molar-refractivity contribution is 5.85. The fraction of sp³-hybridized carbons (Fsp3) is 0.846. The second-order valence-electron chi connectivity index (χ2n) is 3.91. The van der Waals surface area contributed by atoms with Gasteiger partial charge in [-0.3, -0.25) is 0 Å². The van der Waals surface area contributed by atoms with Crippen molar-refractivity contribution < 1.29 is 0 Å². The Morgan fingerprint density at radius 1 is 0.933 bits per heavy atom. The summed E-state index contributed by atoms with van der Waals surface area (Å²) in [6.45, 7) is 10.4. The van der Waals surface area contributed by atoms with Gasteiger partial charge in [-0.15, -0.1) is 12.4 Å². The van der Waals surface area contributed by atoms with E-state index in [2.05, 4.69) is 37.8 Å². The van der Waals surface area contributed by atoms with Crippen molar-refractivity contribution in [3.8, 4) is 0 Å². The fourth-order valence-corrected chi connectivity index (χ4v) is 1.52. The molecule has 0 heterocycles. The first-order valence-electron chi connectivity index (χ1n) is 6.18. The van der Waals surface area contributed by atoms with Crippen LogP contribution in [0.1, 0.15) is 52.9 Å². The first-order chi connectivity index (χ1) is 6.85. The summed E-state index contributed by atoms with van der Waals surface area (Å²) in [5, 5.41) is 0. The average Bonchev–Trinajstić information content (AvgIpc) is 2.21. The molecule has 0 amide bonds. The first kappa shape index (κ1) is 17.4. The van der Waals surface area contributed by atoms with Gasteiger partial charge in [0.05, 0.1) is 0 Å². The molecule has 0 aliphatic carbocycles. The minimum absolute atomic E-state index is 0. The van der Waals surface area contributed by atoms with Gasteiger partial charge >= 0.3 is 0 Å². The van der Waals surface area contributed by atoms with Gasteiger partial charge in [0.2, 0.25) is 0 Å². The maximum Gasteiger partial charge on any atom is 0.00159 e. The van der Waals surface area contributed by atoms with Crippen molar-refractivity contribution in [3.63, 3.8) is 0 Å². The Morgan fingerprint density at radius 3 is 1.87 bits per heavy atom. The average molecular weight is 234 g/mol. The molecule has 0 bridgehead atoms. The summed E-state index contributed by atoms with van der Waals surface area (Å²) in [6.07, 6.45) is 10.9.